The molecule has 5 heteroatoms. The van der Waals surface area contributed by atoms with Gasteiger partial charge in [-0.1, -0.05) is 20.8 Å². The van der Waals surface area contributed by atoms with E-state index in [1.165, 1.54) is 0 Å². The summed E-state index contributed by atoms with van der Waals surface area (Å²) in [6.45, 7) is 8.79. The molecule has 0 saturated heterocycles. The van der Waals surface area contributed by atoms with E-state index >= 15 is 0 Å². The number of rotatable bonds is 3. The first-order valence-corrected chi connectivity index (χ1v) is 7.48. The Kier molecular flexibility index (Phi) is 3.60. The summed E-state index contributed by atoms with van der Waals surface area (Å²) in [5.41, 5.74) is 0.956. The molecule has 0 fully saturated rings. The fourth-order valence-electron chi connectivity index (χ4n) is 2.35. The molecule has 0 radical (unpaired) electrons. The number of carbonyl (C=O) groups is 1. The number of aryl methyl sites for hydroxylation is 1. The Morgan fingerprint density at radius 1 is 1.53 bits per heavy atom. The van der Waals surface area contributed by atoms with Gasteiger partial charge in [0, 0.05) is 18.0 Å². The molecule has 1 N–H and O–H groups in total. The van der Waals surface area contributed by atoms with Crippen molar-refractivity contribution < 1.29 is 9.90 Å². The Balaban J connectivity index is 2.25. The molecule has 1 aromatic rings. The first-order valence-electron chi connectivity index (χ1n) is 6.67. The van der Waals surface area contributed by atoms with Crippen molar-refractivity contribution in [1.82, 2.24) is 4.98 Å². The minimum Gasteiger partial charge on any atom is -0.481 e. The van der Waals surface area contributed by atoms with Crippen molar-refractivity contribution in [1.29, 1.82) is 0 Å². The summed E-state index contributed by atoms with van der Waals surface area (Å²) in [5.74, 6) is -1.15. The third kappa shape index (κ3) is 2.61. The van der Waals surface area contributed by atoms with Gasteiger partial charge in [-0.15, -0.1) is 11.3 Å². The van der Waals surface area contributed by atoms with Crippen LogP contribution in [0.4, 0.5) is 5.13 Å². The van der Waals surface area contributed by atoms with Gasteiger partial charge < -0.3 is 10.0 Å². The summed E-state index contributed by atoms with van der Waals surface area (Å²) >= 11 is 1.65. The number of aliphatic carboxylic acids is 1. The zero-order valence-electron chi connectivity index (χ0n) is 12.2. The number of thiazole rings is 1. The predicted octanol–water partition coefficient (Wildman–Crippen LogP) is 3.13. The Labute approximate surface area is 118 Å². The summed E-state index contributed by atoms with van der Waals surface area (Å²) in [6, 6.07) is 0.349. The van der Waals surface area contributed by atoms with Gasteiger partial charge in [0.1, 0.15) is 5.92 Å². The zero-order chi connectivity index (χ0) is 14.4. The lowest BCUT2D eigenvalue weighted by atomic mass is 9.87. The normalized spacial score (nSPS) is 20.2. The zero-order valence-corrected chi connectivity index (χ0v) is 13.0. The smallest absolute Gasteiger partial charge is 0.312 e. The molecule has 0 amide bonds. The van der Waals surface area contributed by atoms with Crippen molar-refractivity contribution >= 4 is 22.4 Å². The van der Waals surface area contributed by atoms with Crippen molar-refractivity contribution in [2.75, 3.05) is 11.9 Å². The van der Waals surface area contributed by atoms with E-state index in [0.29, 0.717) is 12.5 Å². The van der Waals surface area contributed by atoms with Gasteiger partial charge in [0.25, 0.3) is 0 Å². The molecule has 2 atom stereocenters. The van der Waals surface area contributed by atoms with Gasteiger partial charge in [0.2, 0.25) is 0 Å². The number of carboxylic acid groups (broad SMARTS) is 1. The fourth-order valence-corrected chi connectivity index (χ4v) is 3.53. The molecule has 19 heavy (non-hydrogen) atoms. The lowest BCUT2D eigenvalue weighted by molar-refractivity contribution is -0.138. The highest BCUT2D eigenvalue weighted by Crippen LogP contribution is 2.40. The summed E-state index contributed by atoms with van der Waals surface area (Å²) in [4.78, 5) is 19.1. The summed E-state index contributed by atoms with van der Waals surface area (Å²) < 4.78 is 0. The first-order chi connectivity index (χ1) is 8.71. The predicted molar refractivity (Wildman–Crippen MR) is 78.1 cm³/mol. The molecular formula is C14H22N2O2S. The number of fused-ring (bicyclic) bond motifs is 1. The topological polar surface area (TPSA) is 53.4 Å². The monoisotopic (exact) mass is 282 g/mol. The van der Waals surface area contributed by atoms with Crippen LogP contribution in [0.15, 0.2) is 0 Å². The second kappa shape index (κ2) is 4.78. The van der Waals surface area contributed by atoms with Crippen molar-refractivity contribution in [3.8, 4) is 0 Å². The molecule has 0 aliphatic heterocycles. The van der Waals surface area contributed by atoms with Crippen LogP contribution < -0.4 is 4.90 Å². The molecule has 1 aromatic heterocycles. The van der Waals surface area contributed by atoms with E-state index < -0.39 is 11.9 Å². The van der Waals surface area contributed by atoms with E-state index in [2.05, 4.69) is 37.6 Å². The highest BCUT2D eigenvalue weighted by molar-refractivity contribution is 7.15. The molecular weight excluding hydrogens is 260 g/mol. The Bertz CT molecular complexity index is 490. The maximum Gasteiger partial charge on any atom is 0.312 e. The van der Waals surface area contributed by atoms with Crippen LogP contribution in [0.2, 0.25) is 0 Å². The van der Waals surface area contributed by atoms with Gasteiger partial charge >= 0.3 is 5.97 Å². The summed E-state index contributed by atoms with van der Waals surface area (Å²) in [5, 5.41) is 10.1. The molecule has 0 spiro atoms. The van der Waals surface area contributed by atoms with Crippen molar-refractivity contribution in [2.24, 2.45) is 5.41 Å². The van der Waals surface area contributed by atoms with E-state index in [0.717, 1.165) is 22.1 Å². The molecule has 4 nitrogen and oxygen atoms in total. The lowest BCUT2D eigenvalue weighted by Crippen LogP contribution is -2.39. The first kappa shape index (κ1) is 14.3. The van der Waals surface area contributed by atoms with E-state index in [4.69, 9.17) is 0 Å². The van der Waals surface area contributed by atoms with Crippen LogP contribution in [-0.4, -0.2) is 29.1 Å². The Morgan fingerprint density at radius 3 is 2.68 bits per heavy atom. The quantitative estimate of drug-likeness (QED) is 0.925. The Morgan fingerprint density at radius 2 is 2.16 bits per heavy atom. The highest BCUT2D eigenvalue weighted by Gasteiger charge is 2.34. The third-order valence-electron chi connectivity index (χ3n) is 4.14. The molecule has 106 valence electrons. The molecule has 1 aliphatic carbocycles. The maximum atomic E-state index is 11.2. The number of anilines is 1. The second-order valence-corrected chi connectivity index (χ2v) is 7.45. The number of hydrogen-bond donors (Lipinski definition) is 1. The molecule has 0 aromatic carbocycles. The molecule has 2 rings (SSSR count). The largest absolute Gasteiger partial charge is 0.481 e. The summed E-state index contributed by atoms with van der Waals surface area (Å²) in [7, 11) is 2.04. The average Bonchev–Trinajstić information content (AvgIpc) is 2.83. The Hall–Kier alpha value is -1.10. The van der Waals surface area contributed by atoms with Crippen LogP contribution in [0, 0.1) is 5.41 Å². The molecule has 2 unspecified atom stereocenters. The van der Waals surface area contributed by atoms with Gasteiger partial charge in [-0.2, -0.15) is 0 Å². The van der Waals surface area contributed by atoms with Crippen LogP contribution in [0.5, 0.6) is 0 Å². The van der Waals surface area contributed by atoms with Crippen LogP contribution in [0.25, 0.3) is 0 Å². The fraction of sp³-hybridized carbons (Fsp3) is 0.714. The van der Waals surface area contributed by atoms with Gasteiger partial charge in [0.15, 0.2) is 5.13 Å². The molecule has 1 heterocycles. The van der Waals surface area contributed by atoms with Crippen molar-refractivity contribution in [3.63, 3.8) is 0 Å². The van der Waals surface area contributed by atoms with Gasteiger partial charge in [-0.3, -0.25) is 4.79 Å². The SMILES string of the molecule is CC(N(C)c1nc2c(s1)CCC2C(=O)O)C(C)(C)C. The van der Waals surface area contributed by atoms with Gasteiger partial charge in [0.05, 0.1) is 5.69 Å². The molecule has 0 bridgehead atoms. The van der Waals surface area contributed by atoms with E-state index in [1.807, 2.05) is 7.05 Å². The van der Waals surface area contributed by atoms with E-state index in [9.17, 15) is 9.90 Å². The average molecular weight is 282 g/mol. The number of nitrogens with zero attached hydrogens (tertiary/aromatic N) is 2. The number of aromatic nitrogens is 1. The van der Waals surface area contributed by atoms with Gasteiger partial charge in [-0.25, -0.2) is 4.98 Å². The number of carboxylic acids is 1. The number of hydrogen-bond acceptors (Lipinski definition) is 4. The minimum absolute atomic E-state index is 0.164. The third-order valence-corrected chi connectivity index (χ3v) is 5.36. The maximum absolute atomic E-state index is 11.2. The van der Waals surface area contributed by atoms with Gasteiger partial charge in [-0.05, 0) is 25.2 Å². The molecule has 1 aliphatic rings. The standard InChI is InChI=1S/C14H22N2O2S/c1-8(14(2,3)4)16(5)13-15-11-9(12(17)18)6-7-10(11)19-13/h8-9H,6-7H2,1-5H3,(H,17,18). The summed E-state index contributed by atoms with van der Waals surface area (Å²) in [6.07, 6.45) is 1.55. The van der Waals surface area contributed by atoms with Crippen LogP contribution in [0.1, 0.15) is 50.6 Å². The van der Waals surface area contributed by atoms with Crippen molar-refractivity contribution in [2.45, 2.75) is 52.5 Å². The second-order valence-electron chi connectivity index (χ2n) is 6.39. The van der Waals surface area contributed by atoms with E-state index in [1.54, 1.807) is 11.3 Å². The molecule has 0 saturated carbocycles. The minimum atomic E-state index is -0.748. The van der Waals surface area contributed by atoms with Crippen molar-refractivity contribution in [3.05, 3.63) is 10.6 Å². The van der Waals surface area contributed by atoms with E-state index in [-0.39, 0.29) is 5.41 Å². The highest BCUT2D eigenvalue weighted by atomic mass is 32.1. The lowest BCUT2D eigenvalue weighted by Gasteiger charge is -2.35. The van der Waals surface area contributed by atoms with Crippen LogP contribution in [-0.2, 0) is 11.2 Å². The van der Waals surface area contributed by atoms with Crippen LogP contribution >= 0.6 is 11.3 Å². The van der Waals surface area contributed by atoms with Crippen LogP contribution in [0.3, 0.4) is 0 Å².